The lowest BCUT2D eigenvalue weighted by Gasteiger charge is -2.11. The molecule has 2 rings (SSSR count). The standard InChI is InChI=1S/C17H15Cl2NO4/c1-11(15-3-2-8-23-15)20-16(21)10-24-17(22)7-5-12-4-6-13(18)14(19)9-12/h2-9,11H,10H2,1H3,(H,20,21)/b7-5+/t11-/m1/s1. The van der Waals surface area contributed by atoms with Gasteiger partial charge in [0.2, 0.25) is 0 Å². The van der Waals surface area contributed by atoms with Crippen molar-refractivity contribution in [2.24, 2.45) is 0 Å². The van der Waals surface area contributed by atoms with E-state index in [9.17, 15) is 9.59 Å². The molecule has 1 aromatic carbocycles. The van der Waals surface area contributed by atoms with Gasteiger partial charge in [0.25, 0.3) is 5.91 Å². The Morgan fingerprint density at radius 1 is 1.29 bits per heavy atom. The fraction of sp³-hybridized carbons (Fsp3) is 0.176. The molecule has 24 heavy (non-hydrogen) atoms. The number of carbonyl (C=O) groups is 2. The highest BCUT2D eigenvalue weighted by Gasteiger charge is 2.12. The average Bonchev–Trinajstić information content (AvgIpc) is 3.08. The van der Waals surface area contributed by atoms with Gasteiger partial charge in [0.15, 0.2) is 6.61 Å². The van der Waals surface area contributed by atoms with Gasteiger partial charge >= 0.3 is 5.97 Å². The molecule has 0 aliphatic carbocycles. The first-order valence-electron chi connectivity index (χ1n) is 7.08. The van der Waals surface area contributed by atoms with E-state index in [0.29, 0.717) is 21.4 Å². The lowest BCUT2D eigenvalue weighted by molar-refractivity contribution is -0.144. The Morgan fingerprint density at radius 3 is 2.75 bits per heavy atom. The number of hydrogen-bond donors (Lipinski definition) is 1. The van der Waals surface area contributed by atoms with Crippen LogP contribution in [0.3, 0.4) is 0 Å². The minimum Gasteiger partial charge on any atom is -0.467 e. The van der Waals surface area contributed by atoms with Gasteiger partial charge in [-0.05, 0) is 42.8 Å². The molecule has 0 unspecified atom stereocenters. The van der Waals surface area contributed by atoms with Crippen LogP contribution >= 0.6 is 23.2 Å². The van der Waals surface area contributed by atoms with Gasteiger partial charge in [-0.25, -0.2) is 4.79 Å². The summed E-state index contributed by atoms with van der Waals surface area (Å²) < 4.78 is 10.0. The molecule has 7 heteroatoms. The maximum absolute atomic E-state index is 11.7. The van der Waals surface area contributed by atoms with Crippen LogP contribution in [0.15, 0.2) is 47.1 Å². The Bertz CT molecular complexity index is 741. The molecule has 0 bridgehead atoms. The Labute approximate surface area is 149 Å². The Balaban J connectivity index is 1.78. The van der Waals surface area contributed by atoms with Crippen LogP contribution in [0.1, 0.15) is 24.3 Å². The Morgan fingerprint density at radius 2 is 2.08 bits per heavy atom. The van der Waals surface area contributed by atoms with Crippen LogP contribution < -0.4 is 5.32 Å². The lowest BCUT2D eigenvalue weighted by atomic mass is 10.2. The number of rotatable bonds is 6. The van der Waals surface area contributed by atoms with E-state index < -0.39 is 11.9 Å². The quantitative estimate of drug-likeness (QED) is 0.618. The maximum Gasteiger partial charge on any atom is 0.331 e. The van der Waals surface area contributed by atoms with Crippen LogP contribution in [0.4, 0.5) is 0 Å². The average molecular weight is 368 g/mol. The second-order valence-corrected chi connectivity index (χ2v) is 5.73. The third kappa shape index (κ3) is 5.44. The molecule has 1 amide bonds. The summed E-state index contributed by atoms with van der Waals surface area (Å²) in [6.07, 6.45) is 4.25. The highest BCUT2D eigenvalue weighted by Crippen LogP contribution is 2.23. The Kier molecular flexibility index (Phi) is 6.46. The smallest absolute Gasteiger partial charge is 0.331 e. The molecule has 0 radical (unpaired) electrons. The minimum absolute atomic E-state index is 0.307. The number of esters is 1. The summed E-state index contributed by atoms with van der Waals surface area (Å²) in [4.78, 5) is 23.3. The Hall–Kier alpha value is -2.24. The van der Waals surface area contributed by atoms with Crippen LogP contribution in [0.2, 0.25) is 10.0 Å². The third-order valence-corrected chi connectivity index (χ3v) is 3.79. The van der Waals surface area contributed by atoms with Gasteiger partial charge in [-0.15, -0.1) is 0 Å². The van der Waals surface area contributed by atoms with Crippen molar-refractivity contribution in [3.63, 3.8) is 0 Å². The number of ether oxygens (including phenoxy) is 1. The van der Waals surface area contributed by atoms with Crippen molar-refractivity contribution in [3.05, 3.63) is 64.0 Å². The number of nitrogens with one attached hydrogen (secondary N) is 1. The van der Waals surface area contributed by atoms with Gasteiger partial charge in [0.1, 0.15) is 5.76 Å². The van der Waals surface area contributed by atoms with Crippen molar-refractivity contribution in [1.82, 2.24) is 5.32 Å². The summed E-state index contributed by atoms with van der Waals surface area (Å²) in [6, 6.07) is 8.11. The molecular formula is C17H15Cl2NO4. The van der Waals surface area contributed by atoms with Crippen molar-refractivity contribution in [2.45, 2.75) is 13.0 Å². The molecule has 0 aliphatic rings. The summed E-state index contributed by atoms with van der Waals surface area (Å²) in [6.45, 7) is 1.39. The number of benzene rings is 1. The largest absolute Gasteiger partial charge is 0.467 e. The number of carbonyl (C=O) groups excluding carboxylic acids is 2. The molecule has 1 aromatic heterocycles. The van der Waals surface area contributed by atoms with Crippen molar-refractivity contribution in [1.29, 1.82) is 0 Å². The first-order chi connectivity index (χ1) is 11.5. The second kappa shape index (κ2) is 8.57. The first-order valence-corrected chi connectivity index (χ1v) is 7.84. The first kappa shape index (κ1) is 18.1. The van der Waals surface area contributed by atoms with E-state index in [1.165, 1.54) is 18.4 Å². The molecular weight excluding hydrogens is 353 g/mol. The van der Waals surface area contributed by atoms with Crippen molar-refractivity contribution >= 4 is 41.2 Å². The zero-order valence-corrected chi connectivity index (χ0v) is 14.3. The van der Waals surface area contributed by atoms with Crippen molar-refractivity contribution < 1.29 is 18.7 Å². The van der Waals surface area contributed by atoms with Gasteiger partial charge in [-0.2, -0.15) is 0 Å². The fourth-order valence-corrected chi connectivity index (χ4v) is 2.16. The second-order valence-electron chi connectivity index (χ2n) is 4.92. The van der Waals surface area contributed by atoms with Crippen LogP contribution in [-0.4, -0.2) is 18.5 Å². The fourth-order valence-electron chi connectivity index (χ4n) is 1.86. The van der Waals surface area contributed by atoms with Crippen LogP contribution in [0, 0.1) is 0 Å². The summed E-state index contributed by atoms with van der Waals surface area (Å²) in [5.41, 5.74) is 0.692. The normalized spacial score (nSPS) is 12.1. The molecule has 126 valence electrons. The van der Waals surface area contributed by atoms with Gasteiger partial charge < -0.3 is 14.5 Å². The van der Waals surface area contributed by atoms with E-state index in [2.05, 4.69) is 5.32 Å². The highest BCUT2D eigenvalue weighted by atomic mass is 35.5. The van der Waals surface area contributed by atoms with Gasteiger partial charge in [-0.3, -0.25) is 4.79 Å². The molecule has 2 aromatic rings. The number of amides is 1. The molecule has 0 saturated carbocycles. The van der Waals surface area contributed by atoms with Crippen molar-refractivity contribution in [2.75, 3.05) is 6.61 Å². The maximum atomic E-state index is 11.7. The SMILES string of the molecule is C[C@@H](NC(=O)COC(=O)/C=C/c1ccc(Cl)c(Cl)c1)c1ccco1. The van der Waals surface area contributed by atoms with Crippen LogP contribution in [0.25, 0.3) is 6.08 Å². The van der Waals surface area contributed by atoms with Gasteiger partial charge in [0, 0.05) is 6.08 Å². The van der Waals surface area contributed by atoms with E-state index in [0.717, 1.165) is 0 Å². The van der Waals surface area contributed by atoms with Crippen molar-refractivity contribution in [3.8, 4) is 0 Å². The van der Waals surface area contributed by atoms with Gasteiger partial charge in [-0.1, -0.05) is 29.3 Å². The molecule has 5 nitrogen and oxygen atoms in total. The van der Waals surface area contributed by atoms with E-state index in [1.807, 2.05) is 0 Å². The molecule has 0 spiro atoms. The monoisotopic (exact) mass is 367 g/mol. The molecule has 0 aliphatic heterocycles. The molecule has 1 N–H and O–H groups in total. The van der Waals surface area contributed by atoms with Gasteiger partial charge in [0.05, 0.1) is 22.4 Å². The zero-order chi connectivity index (χ0) is 17.5. The summed E-state index contributed by atoms with van der Waals surface area (Å²) in [7, 11) is 0. The predicted molar refractivity (Wildman–Crippen MR) is 91.7 cm³/mol. The van der Waals surface area contributed by atoms with E-state index in [1.54, 1.807) is 37.3 Å². The summed E-state index contributed by atoms with van der Waals surface area (Å²) >= 11 is 11.7. The lowest BCUT2D eigenvalue weighted by Crippen LogP contribution is -2.30. The molecule has 1 heterocycles. The third-order valence-electron chi connectivity index (χ3n) is 3.05. The molecule has 0 saturated heterocycles. The summed E-state index contributed by atoms with van der Waals surface area (Å²) in [5, 5.41) is 3.48. The number of halogens is 2. The number of hydrogen-bond acceptors (Lipinski definition) is 4. The van der Waals surface area contributed by atoms with Crippen LogP contribution in [-0.2, 0) is 14.3 Å². The molecule has 1 atom stereocenters. The number of furan rings is 1. The van der Waals surface area contributed by atoms with Crippen LogP contribution in [0.5, 0.6) is 0 Å². The van der Waals surface area contributed by atoms with E-state index in [-0.39, 0.29) is 12.6 Å². The zero-order valence-electron chi connectivity index (χ0n) is 12.8. The topological polar surface area (TPSA) is 68.5 Å². The predicted octanol–water partition coefficient (Wildman–Crippen LogP) is 4.02. The van der Waals surface area contributed by atoms with E-state index in [4.69, 9.17) is 32.4 Å². The molecule has 0 fully saturated rings. The van der Waals surface area contributed by atoms with E-state index >= 15 is 0 Å². The summed E-state index contributed by atoms with van der Waals surface area (Å²) in [5.74, 6) is -0.439. The highest BCUT2D eigenvalue weighted by molar-refractivity contribution is 6.42. The minimum atomic E-state index is -0.637.